The van der Waals surface area contributed by atoms with Gasteiger partial charge in [0.2, 0.25) is 0 Å². The number of aromatic nitrogens is 2. The minimum Gasteiger partial charge on any atom is -0.305 e. The van der Waals surface area contributed by atoms with Crippen LogP contribution in [0.25, 0.3) is 0 Å². The third-order valence-corrected chi connectivity index (χ3v) is 1.45. The lowest BCUT2D eigenvalue weighted by atomic mass is 10.4. The SMILES string of the molecule is Cl.c1cnc2c(n1)CNC2. The molecular weight excluding hydrogens is 150 g/mol. The summed E-state index contributed by atoms with van der Waals surface area (Å²) in [6, 6.07) is 0. The largest absolute Gasteiger partial charge is 0.305 e. The maximum atomic E-state index is 4.13. The van der Waals surface area contributed by atoms with Gasteiger partial charge in [-0.1, -0.05) is 0 Å². The lowest BCUT2D eigenvalue weighted by molar-refractivity contribution is 0.753. The average Bonchev–Trinajstić information content (AvgIpc) is 2.33. The van der Waals surface area contributed by atoms with Crippen molar-refractivity contribution in [3.05, 3.63) is 23.8 Å². The number of hydrogen-bond acceptors (Lipinski definition) is 3. The molecule has 1 aromatic heterocycles. The molecule has 0 aliphatic carbocycles. The van der Waals surface area contributed by atoms with E-state index in [2.05, 4.69) is 15.3 Å². The third kappa shape index (κ3) is 1.10. The van der Waals surface area contributed by atoms with E-state index < -0.39 is 0 Å². The highest BCUT2D eigenvalue weighted by molar-refractivity contribution is 5.85. The smallest absolute Gasteiger partial charge is 0.0770 e. The molecule has 0 bridgehead atoms. The Labute approximate surface area is 65.3 Å². The molecule has 0 unspecified atom stereocenters. The van der Waals surface area contributed by atoms with Crippen LogP contribution in [-0.4, -0.2) is 9.97 Å². The Bertz CT molecular complexity index is 203. The minimum absolute atomic E-state index is 0. The predicted molar refractivity (Wildman–Crippen MR) is 39.8 cm³/mol. The van der Waals surface area contributed by atoms with Crippen LogP contribution in [0.3, 0.4) is 0 Å². The van der Waals surface area contributed by atoms with Gasteiger partial charge in [0.1, 0.15) is 0 Å². The molecule has 54 valence electrons. The van der Waals surface area contributed by atoms with Crippen molar-refractivity contribution in [2.45, 2.75) is 13.1 Å². The molecule has 0 amide bonds. The zero-order valence-electron chi connectivity index (χ0n) is 5.37. The number of fused-ring (bicyclic) bond motifs is 1. The first-order valence-electron chi connectivity index (χ1n) is 2.96. The molecule has 3 nitrogen and oxygen atoms in total. The molecule has 10 heavy (non-hydrogen) atoms. The van der Waals surface area contributed by atoms with Gasteiger partial charge in [-0.15, -0.1) is 12.4 Å². The van der Waals surface area contributed by atoms with Gasteiger partial charge in [0, 0.05) is 25.5 Å². The highest BCUT2D eigenvalue weighted by Crippen LogP contribution is 2.06. The van der Waals surface area contributed by atoms with Gasteiger partial charge < -0.3 is 5.32 Å². The van der Waals surface area contributed by atoms with Crippen molar-refractivity contribution in [2.24, 2.45) is 0 Å². The van der Waals surface area contributed by atoms with E-state index in [1.165, 1.54) is 0 Å². The van der Waals surface area contributed by atoms with Crippen molar-refractivity contribution in [3.8, 4) is 0 Å². The highest BCUT2D eigenvalue weighted by atomic mass is 35.5. The fourth-order valence-corrected chi connectivity index (χ4v) is 0.990. The van der Waals surface area contributed by atoms with Crippen LogP contribution in [0, 0.1) is 0 Å². The monoisotopic (exact) mass is 157 g/mol. The van der Waals surface area contributed by atoms with E-state index in [1.54, 1.807) is 12.4 Å². The van der Waals surface area contributed by atoms with Crippen LogP contribution < -0.4 is 5.32 Å². The number of hydrogen-bond donors (Lipinski definition) is 1. The molecule has 0 spiro atoms. The van der Waals surface area contributed by atoms with Crippen molar-refractivity contribution in [3.63, 3.8) is 0 Å². The number of halogens is 1. The minimum atomic E-state index is 0. The van der Waals surface area contributed by atoms with Gasteiger partial charge in [-0.05, 0) is 0 Å². The molecule has 1 aliphatic heterocycles. The van der Waals surface area contributed by atoms with Crippen molar-refractivity contribution in [1.29, 1.82) is 0 Å². The standard InChI is InChI=1S/C6H7N3.ClH/c1-2-9-6-4-7-3-5(6)8-1;/h1-2,7H,3-4H2;1H. The van der Waals surface area contributed by atoms with E-state index in [0.717, 1.165) is 24.5 Å². The summed E-state index contributed by atoms with van der Waals surface area (Å²) in [4.78, 5) is 8.27. The molecule has 1 N–H and O–H groups in total. The molecule has 0 saturated heterocycles. The van der Waals surface area contributed by atoms with Gasteiger partial charge >= 0.3 is 0 Å². The van der Waals surface area contributed by atoms with Crippen molar-refractivity contribution >= 4 is 12.4 Å². The van der Waals surface area contributed by atoms with Crippen molar-refractivity contribution in [2.75, 3.05) is 0 Å². The molecule has 0 radical (unpaired) electrons. The second-order valence-electron chi connectivity index (χ2n) is 2.05. The molecule has 1 aromatic rings. The van der Waals surface area contributed by atoms with Crippen LogP contribution in [0.4, 0.5) is 0 Å². The number of rotatable bonds is 0. The maximum Gasteiger partial charge on any atom is 0.0770 e. The van der Waals surface area contributed by atoms with Crippen LogP contribution >= 0.6 is 12.4 Å². The molecule has 2 heterocycles. The quantitative estimate of drug-likeness (QED) is 0.596. The molecule has 0 fully saturated rings. The Balaban J connectivity index is 0.000000500. The lowest BCUT2D eigenvalue weighted by Gasteiger charge is -1.89. The molecule has 0 atom stereocenters. The Morgan fingerprint density at radius 2 is 1.60 bits per heavy atom. The van der Waals surface area contributed by atoms with Gasteiger partial charge in [-0.3, -0.25) is 9.97 Å². The number of nitrogens with one attached hydrogen (secondary N) is 1. The fraction of sp³-hybridized carbons (Fsp3) is 0.333. The summed E-state index contributed by atoms with van der Waals surface area (Å²) < 4.78 is 0. The molecular formula is C6H8ClN3. The molecule has 0 aromatic carbocycles. The molecule has 2 rings (SSSR count). The first-order valence-corrected chi connectivity index (χ1v) is 2.96. The first kappa shape index (κ1) is 7.44. The first-order chi connectivity index (χ1) is 4.47. The van der Waals surface area contributed by atoms with Crippen LogP contribution in [0.15, 0.2) is 12.4 Å². The zero-order valence-corrected chi connectivity index (χ0v) is 6.19. The van der Waals surface area contributed by atoms with Gasteiger partial charge in [0.15, 0.2) is 0 Å². The van der Waals surface area contributed by atoms with E-state index >= 15 is 0 Å². The topological polar surface area (TPSA) is 37.8 Å². The van der Waals surface area contributed by atoms with E-state index in [4.69, 9.17) is 0 Å². The second-order valence-corrected chi connectivity index (χ2v) is 2.05. The van der Waals surface area contributed by atoms with E-state index in [9.17, 15) is 0 Å². The summed E-state index contributed by atoms with van der Waals surface area (Å²) in [6.07, 6.45) is 3.46. The van der Waals surface area contributed by atoms with Crippen LogP contribution in [-0.2, 0) is 13.1 Å². The number of nitrogens with zero attached hydrogens (tertiary/aromatic N) is 2. The molecule has 4 heteroatoms. The van der Waals surface area contributed by atoms with E-state index in [1.807, 2.05) is 0 Å². The maximum absolute atomic E-state index is 4.13. The third-order valence-electron chi connectivity index (χ3n) is 1.45. The molecule has 0 saturated carbocycles. The Morgan fingerprint density at radius 3 is 2.10 bits per heavy atom. The second kappa shape index (κ2) is 2.94. The van der Waals surface area contributed by atoms with Crippen molar-refractivity contribution < 1.29 is 0 Å². The Hall–Kier alpha value is -0.670. The summed E-state index contributed by atoms with van der Waals surface area (Å²) in [5.74, 6) is 0. The summed E-state index contributed by atoms with van der Waals surface area (Å²) in [5.41, 5.74) is 2.19. The normalized spacial score (nSPS) is 14.0. The molecule has 1 aliphatic rings. The fourth-order valence-electron chi connectivity index (χ4n) is 0.990. The summed E-state index contributed by atoms with van der Waals surface area (Å²) in [5, 5.41) is 3.16. The zero-order chi connectivity index (χ0) is 6.10. The van der Waals surface area contributed by atoms with Gasteiger partial charge in [0.05, 0.1) is 11.4 Å². The summed E-state index contributed by atoms with van der Waals surface area (Å²) in [7, 11) is 0. The van der Waals surface area contributed by atoms with Gasteiger partial charge in [-0.2, -0.15) is 0 Å². The van der Waals surface area contributed by atoms with Crippen LogP contribution in [0.1, 0.15) is 11.4 Å². The predicted octanol–water partition coefficient (Wildman–Crippen LogP) is 0.502. The van der Waals surface area contributed by atoms with Gasteiger partial charge in [0.25, 0.3) is 0 Å². The average molecular weight is 158 g/mol. The lowest BCUT2D eigenvalue weighted by Crippen LogP contribution is -2.00. The Kier molecular flexibility index (Phi) is 2.19. The van der Waals surface area contributed by atoms with Crippen LogP contribution in [0.5, 0.6) is 0 Å². The van der Waals surface area contributed by atoms with Crippen LogP contribution in [0.2, 0.25) is 0 Å². The summed E-state index contributed by atoms with van der Waals surface area (Å²) >= 11 is 0. The Morgan fingerprint density at radius 1 is 1.10 bits per heavy atom. The van der Waals surface area contributed by atoms with E-state index in [-0.39, 0.29) is 12.4 Å². The summed E-state index contributed by atoms with van der Waals surface area (Å²) in [6.45, 7) is 1.76. The highest BCUT2D eigenvalue weighted by Gasteiger charge is 2.09. The van der Waals surface area contributed by atoms with Gasteiger partial charge in [-0.25, -0.2) is 0 Å². The van der Waals surface area contributed by atoms with E-state index in [0.29, 0.717) is 0 Å². The van der Waals surface area contributed by atoms with Crippen molar-refractivity contribution in [1.82, 2.24) is 15.3 Å².